The molecule has 82 valence electrons. The van der Waals surface area contributed by atoms with E-state index in [1.165, 1.54) is 11.3 Å². The van der Waals surface area contributed by atoms with Crippen LogP contribution < -0.4 is 10.1 Å². The number of rotatable bonds is 3. The fraction of sp³-hybridized carbons (Fsp3) is 0.538. The Kier molecular flexibility index (Phi) is 2.59. The smallest absolute Gasteiger partial charge is 0.142 e. The third kappa shape index (κ3) is 1.81. The topological polar surface area (TPSA) is 21.3 Å². The monoisotopic (exact) mass is 205 g/mol. The number of hydrogen-bond acceptors (Lipinski definition) is 2. The summed E-state index contributed by atoms with van der Waals surface area (Å²) >= 11 is 0. The Morgan fingerprint density at radius 2 is 2.20 bits per heavy atom. The van der Waals surface area contributed by atoms with E-state index in [0.717, 1.165) is 25.3 Å². The van der Waals surface area contributed by atoms with Crippen molar-refractivity contribution in [1.29, 1.82) is 0 Å². The van der Waals surface area contributed by atoms with Gasteiger partial charge < -0.3 is 10.1 Å². The van der Waals surface area contributed by atoms with Gasteiger partial charge in [-0.1, -0.05) is 32.9 Å². The van der Waals surface area contributed by atoms with Crippen LogP contribution in [0.1, 0.15) is 32.8 Å². The lowest BCUT2D eigenvalue weighted by Gasteiger charge is -2.17. The van der Waals surface area contributed by atoms with Gasteiger partial charge in [-0.15, -0.1) is 0 Å². The lowest BCUT2D eigenvalue weighted by molar-refractivity contribution is 0.319. The molecule has 1 aliphatic rings. The molecule has 0 spiro atoms. The molecule has 0 saturated heterocycles. The van der Waals surface area contributed by atoms with Gasteiger partial charge in [0, 0.05) is 12.0 Å². The summed E-state index contributed by atoms with van der Waals surface area (Å²) in [5.74, 6) is 1.000. The number of hydrogen-bond donors (Lipinski definition) is 1. The van der Waals surface area contributed by atoms with Crippen molar-refractivity contribution in [1.82, 2.24) is 0 Å². The van der Waals surface area contributed by atoms with Crippen molar-refractivity contribution in [2.75, 3.05) is 18.5 Å². The Morgan fingerprint density at radius 3 is 2.93 bits per heavy atom. The summed E-state index contributed by atoms with van der Waals surface area (Å²) in [5.41, 5.74) is 2.79. The summed E-state index contributed by atoms with van der Waals surface area (Å²) in [6.07, 6.45) is 1.05. The number of fused-ring (bicyclic) bond motifs is 1. The van der Waals surface area contributed by atoms with Crippen LogP contribution in [0.25, 0.3) is 0 Å². The largest absolute Gasteiger partial charge is 0.491 e. The molecule has 1 aromatic carbocycles. The minimum Gasteiger partial charge on any atom is -0.491 e. The number of nitrogens with one attached hydrogen (secondary N) is 1. The number of benzene rings is 1. The number of anilines is 1. The van der Waals surface area contributed by atoms with Crippen molar-refractivity contribution in [3.63, 3.8) is 0 Å². The maximum absolute atomic E-state index is 5.73. The van der Waals surface area contributed by atoms with E-state index < -0.39 is 0 Å². The summed E-state index contributed by atoms with van der Waals surface area (Å²) in [6, 6.07) is 6.32. The van der Waals surface area contributed by atoms with E-state index in [2.05, 4.69) is 38.2 Å². The number of para-hydroxylation sites is 1. The first-order chi connectivity index (χ1) is 7.15. The molecule has 0 bridgehead atoms. The van der Waals surface area contributed by atoms with Crippen LogP contribution in [0.5, 0.6) is 5.75 Å². The Hall–Kier alpha value is -1.18. The van der Waals surface area contributed by atoms with Crippen molar-refractivity contribution >= 4 is 5.69 Å². The fourth-order valence-corrected chi connectivity index (χ4v) is 2.01. The lowest BCUT2D eigenvalue weighted by atomic mass is 9.87. The average Bonchev–Trinajstić information content (AvgIpc) is 2.53. The first-order valence-corrected chi connectivity index (χ1v) is 5.65. The second-order valence-electron chi connectivity index (χ2n) is 4.76. The molecule has 0 fully saturated rings. The maximum atomic E-state index is 5.73. The summed E-state index contributed by atoms with van der Waals surface area (Å²) in [4.78, 5) is 0. The molecule has 1 aromatic rings. The fourth-order valence-electron chi connectivity index (χ4n) is 2.01. The van der Waals surface area contributed by atoms with Gasteiger partial charge in [0.25, 0.3) is 0 Å². The summed E-state index contributed by atoms with van der Waals surface area (Å²) in [5, 5.41) is 3.44. The second kappa shape index (κ2) is 3.76. The van der Waals surface area contributed by atoms with Crippen molar-refractivity contribution in [3.8, 4) is 5.75 Å². The molecule has 2 nitrogen and oxygen atoms in total. The zero-order chi connectivity index (χ0) is 10.9. The Balaban J connectivity index is 2.32. The number of ether oxygens (including phenoxy) is 1. The minimum absolute atomic E-state index is 0.223. The molecule has 15 heavy (non-hydrogen) atoms. The van der Waals surface area contributed by atoms with E-state index in [4.69, 9.17) is 4.74 Å². The summed E-state index contributed by atoms with van der Waals surface area (Å²) in [7, 11) is 0. The van der Waals surface area contributed by atoms with Gasteiger partial charge in [0.15, 0.2) is 0 Å². The summed E-state index contributed by atoms with van der Waals surface area (Å²) in [6.45, 7) is 8.43. The van der Waals surface area contributed by atoms with Crippen LogP contribution in [0, 0.1) is 0 Å². The second-order valence-corrected chi connectivity index (χ2v) is 4.76. The van der Waals surface area contributed by atoms with E-state index in [1.807, 2.05) is 6.07 Å². The molecular weight excluding hydrogens is 186 g/mol. The van der Waals surface area contributed by atoms with E-state index in [-0.39, 0.29) is 5.41 Å². The molecule has 0 amide bonds. The molecule has 2 heteroatoms. The van der Waals surface area contributed by atoms with E-state index in [1.54, 1.807) is 0 Å². The van der Waals surface area contributed by atoms with Gasteiger partial charge in [0.05, 0.1) is 12.3 Å². The quantitative estimate of drug-likeness (QED) is 0.818. The van der Waals surface area contributed by atoms with Crippen molar-refractivity contribution in [3.05, 3.63) is 23.8 Å². The van der Waals surface area contributed by atoms with Crippen molar-refractivity contribution in [2.45, 2.75) is 32.6 Å². The van der Waals surface area contributed by atoms with Crippen molar-refractivity contribution < 1.29 is 4.74 Å². The molecule has 0 atom stereocenters. The predicted octanol–water partition coefficient (Wildman–Crippen LogP) is 3.18. The molecule has 0 aromatic heterocycles. The normalized spacial score (nSPS) is 17.0. The molecule has 1 heterocycles. The zero-order valence-electron chi connectivity index (χ0n) is 9.76. The van der Waals surface area contributed by atoms with Crippen LogP contribution in [0.2, 0.25) is 0 Å². The third-order valence-corrected chi connectivity index (χ3v) is 2.92. The van der Waals surface area contributed by atoms with Gasteiger partial charge in [-0.05, 0) is 18.1 Å². The van der Waals surface area contributed by atoms with Crippen LogP contribution >= 0.6 is 0 Å². The SMILES string of the molecule is CCCOc1cccc2c1NCC2(C)C. The predicted molar refractivity (Wildman–Crippen MR) is 63.7 cm³/mol. The Morgan fingerprint density at radius 1 is 1.40 bits per heavy atom. The molecule has 0 unspecified atom stereocenters. The summed E-state index contributed by atoms with van der Waals surface area (Å²) < 4.78 is 5.73. The molecule has 0 saturated carbocycles. The molecular formula is C13H19NO. The molecule has 2 rings (SSSR count). The van der Waals surface area contributed by atoms with Gasteiger partial charge in [0.2, 0.25) is 0 Å². The first kappa shape index (κ1) is 10.3. The van der Waals surface area contributed by atoms with Crippen LogP contribution in [-0.4, -0.2) is 13.2 Å². The highest BCUT2D eigenvalue weighted by atomic mass is 16.5. The van der Waals surface area contributed by atoms with Crippen LogP contribution in [0.4, 0.5) is 5.69 Å². The van der Waals surface area contributed by atoms with Crippen LogP contribution in [0.3, 0.4) is 0 Å². The minimum atomic E-state index is 0.223. The molecule has 1 N–H and O–H groups in total. The maximum Gasteiger partial charge on any atom is 0.142 e. The van der Waals surface area contributed by atoms with Gasteiger partial charge in [-0.25, -0.2) is 0 Å². The zero-order valence-corrected chi connectivity index (χ0v) is 9.76. The Labute approximate surface area is 91.6 Å². The highest BCUT2D eigenvalue weighted by molar-refractivity contribution is 5.68. The van der Waals surface area contributed by atoms with E-state index in [9.17, 15) is 0 Å². The van der Waals surface area contributed by atoms with E-state index >= 15 is 0 Å². The van der Waals surface area contributed by atoms with Gasteiger partial charge in [-0.2, -0.15) is 0 Å². The van der Waals surface area contributed by atoms with E-state index in [0.29, 0.717) is 0 Å². The lowest BCUT2D eigenvalue weighted by Crippen LogP contribution is -2.18. The standard InChI is InChI=1S/C13H19NO/c1-4-8-15-11-7-5-6-10-12(11)14-9-13(10,2)3/h5-7,14H,4,8-9H2,1-3H3. The van der Waals surface area contributed by atoms with Crippen molar-refractivity contribution in [2.24, 2.45) is 0 Å². The average molecular weight is 205 g/mol. The highest BCUT2D eigenvalue weighted by Crippen LogP contribution is 2.41. The molecule has 0 aliphatic carbocycles. The van der Waals surface area contributed by atoms with Gasteiger partial charge >= 0.3 is 0 Å². The van der Waals surface area contributed by atoms with Gasteiger partial charge in [0.1, 0.15) is 5.75 Å². The highest BCUT2D eigenvalue weighted by Gasteiger charge is 2.31. The third-order valence-electron chi connectivity index (χ3n) is 2.92. The Bertz CT molecular complexity index is 358. The molecule has 0 radical (unpaired) electrons. The van der Waals surface area contributed by atoms with Gasteiger partial charge in [-0.3, -0.25) is 0 Å². The molecule has 1 aliphatic heterocycles. The van der Waals surface area contributed by atoms with Crippen LogP contribution in [-0.2, 0) is 5.41 Å². The first-order valence-electron chi connectivity index (χ1n) is 5.65. The van der Waals surface area contributed by atoms with Crippen LogP contribution in [0.15, 0.2) is 18.2 Å².